The van der Waals surface area contributed by atoms with Crippen LogP contribution in [0.2, 0.25) is 0 Å². The van der Waals surface area contributed by atoms with Gasteiger partial charge in [-0.2, -0.15) is 0 Å². The van der Waals surface area contributed by atoms with Crippen molar-refractivity contribution in [1.29, 1.82) is 0 Å². The van der Waals surface area contributed by atoms with Gasteiger partial charge in [0.05, 0.1) is 39.5 Å². The minimum absolute atomic E-state index is 0. The lowest BCUT2D eigenvalue weighted by Gasteiger charge is -2.38. The van der Waals surface area contributed by atoms with E-state index in [1.165, 1.54) is 12.7 Å². The van der Waals surface area contributed by atoms with Crippen LogP contribution < -0.4 is 49.5 Å². The molecule has 0 radical (unpaired) electrons. The van der Waals surface area contributed by atoms with E-state index >= 15 is 0 Å². The number of phosphoric ester groups is 1. The number of aromatic nitrogens is 4. The highest BCUT2D eigenvalue weighted by atomic mass is 31.3. The van der Waals surface area contributed by atoms with Gasteiger partial charge in [-0.1, -0.05) is 0 Å². The van der Waals surface area contributed by atoms with E-state index in [1.807, 2.05) is 0 Å². The van der Waals surface area contributed by atoms with Gasteiger partial charge < -0.3 is 73.0 Å². The zero-order valence-electron chi connectivity index (χ0n) is 20.1. The van der Waals surface area contributed by atoms with E-state index in [-0.39, 0.29) is 37.6 Å². The second-order valence-electron chi connectivity index (χ2n) is 6.43. The van der Waals surface area contributed by atoms with Crippen molar-refractivity contribution in [3.8, 4) is 0 Å². The highest BCUT2D eigenvalue weighted by molar-refractivity contribution is 7.64. The lowest BCUT2D eigenvalue weighted by molar-refractivity contribution is -0.339. The minimum atomic E-state index is -6.08. The minimum Gasteiger partial charge on any atom is -0.790 e. The lowest BCUT2D eigenvalue weighted by atomic mass is 10.0. The van der Waals surface area contributed by atoms with Gasteiger partial charge in [0.15, 0.2) is 11.5 Å². The molecule has 0 aromatic carbocycles. The fourth-order valence-electron chi connectivity index (χ4n) is 2.95. The van der Waals surface area contributed by atoms with Crippen molar-refractivity contribution in [2.45, 2.75) is 24.7 Å². The third-order valence-electron chi connectivity index (χ3n) is 4.23. The quantitative estimate of drug-likeness (QED) is 0.189. The molecule has 21 nitrogen and oxygen atoms in total. The van der Waals surface area contributed by atoms with Crippen molar-refractivity contribution in [1.82, 2.24) is 44.1 Å². The summed E-state index contributed by atoms with van der Waals surface area (Å²) in [6.45, 7) is -0.879. The van der Waals surface area contributed by atoms with Gasteiger partial charge in [0.25, 0.3) is 15.6 Å². The van der Waals surface area contributed by atoms with Crippen LogP contribution in [0.3, 0.4) is 0 Å². The van der Waals surface area contributed by atoms with Gasteiger partial charge in [-0.05, 0) is 6.42 Å². The fraction of sp³-hybridized carbons (Fsp3) is 0.583. The van der Waals surface area contributed by atoms with Crippen LogP contribution in [0.25, 0.3) is 11.2 Å². The molecule has 0 amide bonds. The summed E-state index contributed by atoms with van der Waals surface area (Å²) in [4.78, 5) is 55.8. The number of hydrogen-bond acceptors (Lipinski definition) is 16. The first-order valence-corrected chi connectivity index (χ1v) is 13.0. The second kappa shape index (κ2) is 13.9. The molecule has 3 rings (SSSR count). The molecule has 0 aliphatic carbocycles. The fourth-order valence-corrected chi connectivity index (χ4v) is 5.81. The molecular weight excluding hydrogens is 555 g/mol. The number of rotatable bonds is 9. The standard InChI is InChI=1S/C12H20N5O12P3.4H3N/c1-13-11-10-12(15-5-14-11)17(6-16-10)7-2-8(18)9(26-3-7)4-27-31(22,23)29-32(24,25)28-30(19,20)21;;;;/h5-9,18H,2-4H2,1H3,(H,22,23)(H,24,25)(H,13,14,15)(H2,19,20,21);4*1H3/t7-,8-,9+;;;;/m0..../s1. The molecule has 1 aliphatic heterocycles. The molecule has 18 N–H and O–H groups in total. The Morgan fingerprint density at radius 2 is 1.72 bits per heavy atom. The maximum atomic E-state index is 11.6. The summed E-state index contributed by atoms with van der Waals surface area (Å²) < 4.78 is 51.0. The van der Waals surface area contributed by atoms with Crippen LogP contribution in [0.15, 0.2) is 12.7 Å². The lowest BCUT2D eigenvalue weighted by Crippen LogP contribution is -2.42. The molecule has 2 aromatic rings. The van der Waals surface area contributed by atoms with E-state index in [2.05, 4.69) is 33.4 Å². The third kappa shape index (κ3) is 9.43. The summed E-state index contributed by atoms with van der Waals surface area (Å²) in [6, 6.07) is -0.431. The van der Waals surface area contributed by atoms with E-state index in [0.717, 1.165) is 0 Å². The van der Waals surface area contributed by atoms with E-state index in [0.29, 0.717) is 17.0 Å². The average molecular weight is 587 g/mol. The Hall–Kier alpha value is -1.48. The number of ether oxygens (including phenoxy) is 1. The number of nitrogens with zero attached hydrogens (tertiary/aromatic N) is 4. The number of hydrogen-bond donors (Lipinski definition) is 6. The number of imidazole rings is 1. The Kier molecular flexibility index (Phi) is 14.1. The van der Waals surface area contributed by atoms with Crippen molar-refractivity contribution in [3.05, 3.63) is 12.7 Å². The predicted molar refractivity (Wildman–Crippen MR) is 119 cm³/mol. The number of phosphoric acid groups is 3. The Bertz CT molecular complexity index is 1120. The zero-order chi connectivity index (χ0) is 23.7. The predicted octanol–water partition coefficient (Wildman–Crippen LogP) is -1.12. The van der Waals surface area contributed by atoms with Gasteiger partial charge in [-0.25, -0.2) is 19.3 Å². The summed E-state index contributed by atoms with van der Waals surface area (Å²) in [7, 11) is -16.2. The number of quaternary nitrogens is 4. The normalized spacial score (nSPS) is 23.0. The molecule has 5 atom stereocenters. The van der Waals surface area contributed by atoms with Gasteiger partial charge >= 0.3 is 0 Å². The second-order valence-corrected chi connectivity index (χ2v) is 10.7. The molecule has 36 heavy (non-hydrogen) atoms. The smallest absolute Gasteiger partial charge is 0.278 e. The van der Waals surface area contributed by atoms with E-state index in [9.17, 15) is 38.4 Å². The molecule has 24 heteroatoms. The van der Waals surface area contributed by atoms with Crippen LogP contribution in [-0.4, -0.2) is 57.1 Å². The molecule has 2 unspecified atom stereocenters. The van der Waals surface area contributed by atoms with Crippen molar-refractivity contribution in [2.24, 2.45) is 0 Å². The molecule has 0 spiro atoms. The summed E-state index contributed by atoms with van der Waals surface area (Å²) >= 11 is 0. The zero-order valence-corrected chi connectivity index (χ0v) is 22.8. The third-order valence-corrected chi connectivity index (χ3v) is 7.90. The maximum Gasteiger partial charge on any atom is 0.278 e. The highest BCUT2D eigenvalue weighted by Crippen LogP contribution is 2.60. The molecule has 1 aliphatic rings. The Labute approximate surface area is 204 Å². The molecule has 3 heterocycles. The van der Waals surface area contributed by atoms with Crippen molar-refractivity contribution in [2.75, 3.05) is 25.6 Å². The topological polar surface area (TPSA) is 402 Å². The Morgan fingerprint density at radius 1 is 1.08 bits per heavy atom. The Balaban J connectivity index is 0. The summed E-state index contributed by atoms with van der Waals surface area (Å²) in [5, 5.41) is 13.2. The first-order valence-electron chi connectivity index (χ1n) is 8.66. The molecule has 1 saturated heterocycles. The summed E-state index contributed by atoms with van der Waals surface area (Å²) in [5.74, 6) is 0.494. The van der Waals surface area contributed by atoms with Crippen molar-refractivity contribution >= 4 is 40.4 Å². The van der Waals surface area contributed by atoms with Crippen LogP contribution >= 0.6 is 23.5 Å². The molecule has 0 saturated carbocycles. The van der Waals surface area contributed by atoms with E-state index < -0.39 is 48.3 Å². The SMILES string of the molecule is CNc1ncnc2c1ncn2[C@@H]1CO[C@H](COP(=O)([O-])OP(=O)([O-])OP(=O)([O-])[O-])[C@@H](O)C1.[NH4+].[NH4+].[NH4+].[NH4+]. The molecule has 212 valence electrons. The highest BCUT2D eigenvalue weighted by Gasteiger charge is 2.33. The number of anilines is 1. The van der Waals surface area contributed by atoms with E-state index in [1.54, 1.807) is 11.6 Å². The summed E-state index contributed by atoms with van der Waals surface area (Å²) in [5.41, 5.74) is 0.960. The first-order chi connectivity index (χ1) is 14.8. The van der Waals surface area contributed by atoms with Gasteiger partial charge in [0.1, 0.15) is 17.9 Å². The molecule has 1 fully saturated rings. The van der Waals surface area contributed by atoms with Crippen LogP contribution in [0.5, 0.6) is 0 Å². The van der Waals surface area contributed by atoms with Crippen LogP contribution in [0, 0.1) is 0 Å². The van der Waals surface area contributed by atoms with Gasteiger partial charge in [-0.15, -0.1) is 0 Å². The largest absolute Gasteiger partial charge is 0.790 e. The van der Waals surface area contributed by atoms with Crippen LogP contribution in [-0.2, 0) is 31.6 Å². The number of nitrogens with one attached hydrogen (secondary N) is 1. The van der Waals surface area contributed by atoms with Crippen molar-refractivity contribution in [3.63, 3.8) is 0 Å². The van der Waals surface area contributed by atoms with Crippen molar-refractivity contribution < 1.29 is 56.3 Å². The monoisotopic (exact) mass is 587 g/mol. The van der Waals surface area contributed by atoms with E-state index in [4.69, 9.17) is 4.74 Å². The summed E-state index contributed by atoms with van der Waals surface area (Å²) in [6.07, 6.45) is 0.420. The number of aliphatic hydroxyl groups is 1. The first kappa shape index (κ1) is 36.7. The molecule has 2 aromatic heterocycles. The molecule has 0 bridgehead atoms. The molecular formula is C12H32N9O12P3. The van der Waals surface area contributed by atoms with Gasteiger partial charge in [0, 0.05) is 7.05 Å². The van der Waals surface area contributed by atoms with Crippen LogP contribution in [0.1, 0.15) is 12.5 Å². The average Bonchev–Trinajstić information content (AvgIpc) is 3.08. The number of fused-ring (bicyclic) bond motifs is 1. The van der Waals surface area contributed by atoms with Crippen LogP contribution in [0.4, 0.5) is 5.82 Å². The van der Waals surface area contributed by atoms with Gasteiger partial charge in [-0.3, -0.25) is 13.4 Å². The van der Waals surface area contributed by atoms with Gasteiger partial charge in [0.2, 0.25) is 0 Å². The number of aliphatic hydroxyl groups excluding tert-OH is 1. The Morgan fingerprint density at radius 3 is 2.28 bits per heavy atom. The maximum absolute atomic E-state index is 11.6.